The quantitative estimate of drug-likeness (QED) is 0.613. The molecule has 1 heterocycles. The number of nitrogen functional groups attached to an aromatic ring is 1. The van der Waals surface area contributed by atoms with E-state index in [1.807, 2.05) is 6.92 Å². The fourth-order valence-electron chi connectivity index (χ4n) is 1.94. The van der Waals surface area contributed by atoms with Gasteiger partial charge in [0, 0.05) is 0 Å². The highest BCUT2D eigenvalue weighted by Gasteiger charge is 2.09. The molecule has 23 heavy (non-hydrogen) atoms. The maximum Gasteiger partial charge on any atom is 0.303 e. The van der Waals surface area contributed by atoms with Gasteiger partial charge in [-0.15, -0.1) is 0 Å². The smallest absolute Gasteiger partial charge is 0.303 e. The average Bonchev–Trinajstić information content (AvgIpc) is 2.31. The molecule has 1 aromatic heterocycles. The Hall–Kier alpha value is -1.07. The van der Waals surface area contributed by atoms with E-state index in [1.54, 1.807) is 32.2 Å². The minimum Gasteiger partial charge on any atom is -0.744 e. The normalized spacial score (nSPS) is 10.3. The van der Waals surface area contributed by atoms with Crippen LogP contribution in [-0.4, -0.2) is 18.0 Å². The monoisotopic (exact) mass is 468 g/mol. The number of nitrogens with two attached hydrogens (primary N) is 1. The van der Waals surface area contributed by atoms with Crippen molar-refractivity contribution in [2.75, 3.05) is 5.73 Å². The van der Waals surface area contributed by atoms with Gasteiger partial charge in [-0.25, -0.2) is 18.4 Å². The van der Waals surface area contributed by atoms with E-state index in [9.17, 15) is 13.0 Å². The second-order valence-corrected chi connectivity index (χ2v) is 7.49. The van der Waals surface area contributed by atoms with Crippen LogP contribution < -0.4 is 16.9 Å². The third-order valence-corrected chi connectivity index (χ3v) is 4.78. The first-order valence-corrected chi connectivity index (χ1v) is 9.04. The van der Waals surface area contributed by atoms with Crippen molar-refractivity contribution in [3.63, 3.8) is 0 Å². The topological polar surface area (TPSA) is 145 Å². The fraction of sp³-hybridized carbons (Fsp3) is 0.231. The van der Waals surface area contributed by atoms with Gasteiger partial charge in [-0.05, 0) is 63.8 Å². The van der Waals surface area contributed by atoms with Gasteiger partial charge in [0.05, 0.1) is 4.90 Å². The van der Waals surface area contributed by atoms with Crippen LogP contribution in [0.15, 0.2) is 32.4 Å². The van der Waals surface area contributed by atoms with Crippen molar-refractivity contribution >= 4 is 47.8 Å². The van der Waals surface area contributed by atoms with Crippen LogP contribution in [0.5, 0.6) is 0 Å². The zero-order valence-electron chi connectivity index (χ0n) is 12.9. The molecule has 0 atom stereocenters. The van der Waals surface area contributed by atoms with E-state index in [4.69, 9.17) is 5.73 Å². The summed E-state index contributed by atoms with van der Waals surface area (Å²) in [5, 5.41) is 0. The van der Waals surface area contributed by atoms with E-state index >= 15 is 0 Å². The number of hydrogen-bond acceptors (Lipinski definition) is 6. The highest BCUT2D eigenvalue weighted by atomic mass is 79.9. The van der Waals surface area contributed by atoms with Gasteiger partial charge in [0.15, 0.2) is 4.60 Å². The molecule has 10 heteroatoms. The van der Waals surface area contributed by atoms with Crippen LogP contribution in [0.25, 0.3) is 0 Å². The summed E-state index contributed by atoms with van der Waals surface area (Å²) in [4.78, 5) is 6.65. The summed E-state index contributed by atoms with van der Waals surface area (Å²) in [5.41, 5.74) is 7.41. The molecule has 2 aromatic rings. The molecule has 0 aliphatic heterocycles. The zero-order chi connectivity index (χ0) is 17.1. The van der Waals surface area contributed by atoms with Gasteiger partial charge in [-0.3, -0.25) is 5.73 Å². The predicted octanol–water partition coefficient (Wildman–Crippen LogP) is 2.68. The van der Waals surface area contributed by atoms with Crippen molar-refractivity contribution in [2.45, 2.75) is 25.7 Å². The molecule has 0 aliphatic carbocycles. The minimum atomic E-state index is -4.33. The molecule has 7 nitrogen and oxygen atoms in total. The molecule has 1 aromatic carbocycles. The van der Waals surface area contributed by atoms with Crippen LogP contribution >= 0.6 is 31.9 Å². The molecule has 0 saturated heterocycles. The SMILES string of the molecule is Cc1cc(C)c(S(=O)(=O)[O-])c(C)c1.N.Nc1[nH+]cc(Br)nc1Br. The Morgan fingerprint density at radius 1 is 1.17 bits per heavy atom. The second kappa shape index (κ2) is 8.69. The van der Waals surface area contributed by atoms with Crippen molar-refractivity contribution in [1.29, 1.82) is 0 Å². The first-order valence-electron chi connectivity index (χ1n) is 6.05. The van der Waals surface area contributed by atoms with E-state index in [0.717, 1.165) is 10.2 Å². The summed E-state index contributed by atoms with van der Waals surface area (Å²) >= 11 is 6.32. The number of aryl methyl sites for hydroxylation is 3. The molecule has 0 radical (unpaired) electrons. The van der Waals surface area contributed by atoms with Gasteiger partial charge in [0.2, 0.25) is 0 Å². The van der Waals surface area contributed by atoms with Crippen molar-refractivity contribution in [2.24, 2.45) is 0 Å². The molecular weight excluding hydrogens is 452 g/mol. The van der Waals surface area contributed by atoms with Crippen LogP contribution in [0.1, 0.15) is 16.7 Å². The number of aromatic nitrogens is 2. The fourth-order valence-corrected chi connectivity index (χ4v) is 3.69. The van der Waals surface area contributed by atoms with Gasteiger partial charge in [0.25, 0.3) is 0 Å². The van der Waals surface area contributed by atoms with Gasteiger partial charge in [0.1, 0.15) is 20.9 Å². The van der Waals surface area contributed by atoms with Crippen molar-refractivity contribution in [1.82, 2.24) is 11.1 Å². The Bertz CT molecular complexity index is 775. The van der Waals surface area contributed by atoms with Crippen molar-refractivity contribution in [3.05, 3.63) is 44.2 Å². The first kappa shape index (κ1) is 21.9. The summed E-state index contributed by atoms with van der Waals surface area (Å²) < 4.78 is 33.8. The molecule has 0 fully saturated rings. The summed E-state index contributed by atoms with van der Waals surface area (Å²) in [6.07, 6.45) is 1.67. The number of benzene rings is 1. The first-order chi connectivity index (χ1) is 10.0. The number of rotatable bonds is 1. The van der Waals surface area contributed by atoms with Gasteiger partial charge >= 0.3 is 5.82 Å². The van der Waals surface area contributed by atoms with Crippen LogP contribution in [0.3, 0.4) is 0 Å². The Morgan fingerprint density at radius 3 is 2.00 bits per heavy atom. The third kappa shape index (κ3) is 6.51. The number of aromatic amines is 1. The summed E-state index contributed by atoms with van der Waals surface area (Å²) in [6.45, 7) is 5.12. The summed E-state index contributed by atoms with van der Waals surface area (Å²) in [6, 6.07) is 3.38. The summed E-state index contributed by atoms with van der Waals surface area (Å²) in [5.74, 6) is 0.526. The Labute approximate surface area is 152 Å². The van der Waals surface area contributed by atoms with Crippen LogP contribution in [-0.2, 0) is 10.1 Å². The molecule has 0 unspecified atom stereocenters. The lowest BCUT2D eigenvalue weighted by molar-refractivity contribution is -0.363. The number of anilines is 1. The maximum absolute atomic E-state index is 10.8. The van der Waals surface area contributed by atoms with Crippen LogP contribution in [0.4, 0.5) is 5.82 Å². The average molecular weight is 470 g/mol. The zero-order valence-corrected chi connectivity index (χ0v) is 16.8. The second-order valence-electron chi connectivity index (χ2n) is 4.61. The van der Waals surface area contributed by atoms with Crippen molar-refractivity contribution < 1.29 is 18.0 Å². The summed E-state index contributed by atoms with van der Waals surface area (Å²) in [7, 11) is -4.33. The molecule has 128 valence electrons. The molecule has 0 spiro atoms. The largest absolute Gasteiger partial charge is 0.744 e. The lowest BCUT2D eigenvalue weighted by Gasteiger charge is -2.14. The number of nitrogens with zero attached hydrogens (tertiary/aromatic N) is 1. The molecule has 0 saturated carbocycles. The van der Waals surface area contributed by atoms with Gasteiger partial charge in [-0.2, -0.15) is 0 Å². The van der Waals surface area contributed by atoms with Crippen LogP contribution in [0.2, 0.25) is 0 Å². The minimum absolute atomic E-state index is 0. The molecule has 0 bridgehead atoms. The van der Waals surface area contributed by atoms with E-state index in [2.05, 4.69) is 41.8 Å². The van der Waals surface area contributed by atoms with Gasteiger partial charge < -0.3 is 10.7 Å². The Balaban J connectivity index is 0.000000427. The third-order valence-electron chi connectivity index (χ3n) is 2.63. The lowest BCUT2D eigenvalue weighted by atomic mass is 10.1. The molecule has 0 amide bonds. The van der Waals surface area contributed by atoms with E-state index in [-0.39, 0.29) is 11.0 Å². The van der Waals surface area contributed by atoms with Crippen LogP contribution in [0, 0.1) is 20.8 Å². The highest BCUT2D eigenvalue weighted by Crippen LogP contribution is 2.20. The molecule has 2 rings (SSSR count). The number of hydrogen-bond donors (Lipinski definition) is 2. The predicted molar refractivity (Wildman–Crippen MR) is 94.2 cm³/mol. The number of nitrogens with one attached hydrogen (secondary N) is 1. The standard InChI is InChI=1S/C9H12O3S.C4H3Br2N3.H3N/c1-6-4-7(2)9(8(3)5-6)13(10,11)12;5-2-1-8-4(7)3(6)9-2;/h4-5H,1-3H3,(H,10,11,12);1H,(H2,7,8);1H3. The van der Waals surface area contributed by atoms with Crippen molar-refractivity contribution in [3.8, 4) is 0 Å². The number of H-pyrrole nitrogens is 1. The maximum atomic E-state index is 10.8. The van der Waals surface area contributed by atoms with E-state index in [0.29, 0.717) is 21.5 Å². The Morgan fingerprint density at radius 2 is 1.65 bits per heavy atom. The lowest BCUT2D eigenvalue weighted by Crippen LogP contribution is -2.11. The number of halogens is 2. The van der Waals surface area contributed by atoms with E-state index < -0.39 is 10.1 Å². The van der Waals surface area contributed by atoms with E-state index in [1.165, 1.54) is 0 Å². The van der Waals surface area contributed by atoms with Gasteiger partial charge in [-0.1, -0.05) is 17.7 Å². The molecule has 6 N–H and O–H groups in total. The Kier molecular flexibility index (Phi) is 8.29. The highest BCUT2D eigenvalue weighted by molar-refractivity contribution is 9.11. The molecule has 0 aliphatic rings. The molecular formula is C13H18Br2N4O3S.